The molecule has 0 radical (unpaired) electrons. The Balaban J connectivity index is 0.000000488. The number of rotatable bonds is 8. The average molecular weight is 368 g/mol. The first-order valence-electron chi connectivity index (χ1n) is 7.51. The van der Waals surface area contributed by atoms with E-state index in [0.29, 0.717) is 30.7 Å². The van der Waals surface area contributed by atoms with Crippen LogP contribution in [0.3, 0.4) is 0 Å². The summed E-state index contributed by atoms with van der Waals surface area (Å²) in [6.45, 7) is 0.482. The van der Waals surface area contributed by atoms with Gasteiger partial charge in [-0.2, -0.15) is 0 Å². The van der Waals surface area contributed by atoms with E-state index in [1.807, 2.05) is 0 Å². The largest absolute Gasteiger partial charge is 0.504 e. The van der Waals surface area contributed by atoms with Gasteiger partial charge in [-0.3, -0.25) is 10.2 Å². The predicted octanol–water partition coefficient (Wildman–Crippen LogP) is 0.160. The van der Waals surface area contributed by atoms with E-state index in [1.54, 1.807) is 12.1 Å². The van der Waals surface area contributed by atoms with Gasteiger partial charge >= 0.3 is 11.9 Å². The van der Waals surface area contributed by atoms with E-state index >= 15 is 0 Å². The van der Waals surface area contributed by atoms with Gasteiger partial charge in [-0.1, -0.05) is 6.07 Å². The topological polar surface area (TPSA) is 192 Å². The van der Waals surface area contributed by atoms with Crippen LogP contribution in [0.2, 0.25) is 0 Å². The number of carbonyl (C=O) groups is 2. The number of aromatic hydroxyl groups is 1. The molecule has 0 aliphatic rings. The highest BCUT2D eigenvalue weighted by molar-refractivity contribution is 5.85. The second-order valence-electron chi connectivity index (χ2n) is 5.03. The molecule has 0 heterocycles. The molecule has 0 bridgehead atoms. The third-order valence-corrected chi connectivity index (χ3v) is 2.95. The van der Waals surface area contributed by atoms with Crippen LogP contribution < -0.4 is 21.5 Å². The van der Waals surface area contributed by atoms with E-state index in [4.69, 9.17) is 31.8 Å². The molecule has 1 atom stereocenters. The van der Waals surface area contributed by atoms with Crippen LogP contribution in [0.4, 0.5) is 0 Å². The molecular weight excluding hydrogens is 344 g/mol. The standard InChI is InChI=1S/C10H10O4.C6H14N4O2/c1-14-9-6-7(2-4-8(9)11)3-5-10(12)13;7-4(5(11)12)2-1-3-10-6(8)9/h2-6,11H,1H3,(H,12,13);4H,1-3,7H2,(H,11,12)(H4,8,9,10). The van der Waals surface area contributed by atoms with E-state index in [0.717, 1.165) is 6.08 Å². The highest BCUT2D eigenvalue weighted by Crippen LogP contribution is 2.26. The van der Waals surface area contributed by atoms with E-state index in [1.165, 1.54) is 19.3 Å². The highest BCUT2D eigenvalue weighted by atomic mass is 16.5. The third-order valence-electron chi connectivity index (χ3n) is 2.95. The van der Waals surface area contributed by atoms with Gasteiger partial charge in [0, 0.05) is 12.6 Å². The first-order valence-corrected chi connectivity index (χ1v) is 7.51. The van der Waals surface area contributed by atoms with Gasteiger partial charge in [0.15, 0.2) is 17.5 Å². The summed E-state index contributed by atoms with van der Waals surface area (Å²) in [6, 6.07) is 3.77. The van der Waals surface area contributed by atoms with Gasteiger partial charge in [0.25, 0.3) is 0 Å². The quantitative estimate of drug-likeness (QED) is 0.145. The molecule has 0 saturated heterocycles. The molecule has 1 unspecified atom stereocenters. The smallest absolute Gasteiger partial charge is 0.328 e. The van der Waals surface area contributed by atoms with Crippen LogP contribution in [0.1, 0.15) is 18.4 Å². The number of carboxylic acid groups (broad SMARTS) is 2. The van der Waals surface area contributed by atoms with Crippen molar-refractivity contribution in [2.45, 2.75) is 18.9 Å². The minimum absolute atomic E-state index is 0.0278. The molecule has 0 aromatic heterocycles. The van der Waals surface area contributed by atoms with E-state index < -0.39 is 18.0 Å². The first kappa shape index (κ1) is 22.7. The maximum Gasteiger partial charge on any atom is 0.328 e. The number of nitrogens with one attached hydrogen (secondary N) is 2. The average Bonchev–Trinajstić information content (AvgIpc) is 2.58. The zero-order valence-corrected chi connectivity index (χ0v) is 14.3. The molecule has 0 spiro atoms. The van der Waals surface area contributed by atoms with Gasteiger partial charge in [-0.15, -0.1) is 0 Å². The zero-order chi connectivity index (χ0) is 20.1. The number of guanidine groups is 1. The molecule has 0 fully saturated rings. The number of hydrogen-bond acceptors (Lipinski definition) is 6. The Labute approximate surface area is 150 Å². The molecule has 1 aromatic rings. The molecule has 9 N–H and O–H groups in total. The fourth-order valence-electron chi connectivity index (χ4n) is 1.63. The number of methoxy groups -OCH3 is 1. The number of hydrogen-bond donors (Lipinski definition) is 7. The Bertz CT molecular complexity index is 648. The van der Waals surface area contributed by atoms with Gasteiger partial charge in [-0.05, 0) is 36.6 Å². The van der Waals surface area contributed by atoms with Crippen LogP contribution in [0.15, 0.2) is 24.3 Å². The number of aliphatic carboxylic acids is 2. The lowest BCUT2D eigenvalue weighted by atomic mass is 10.2. The Morgan fingerprint density at radius 2 is 2.04 bits per heavy atom. The lowest BCUT2D eigenvalue weighted by molar-refractivity contribution is -0.138. The van der Waals surface area contributed by atoms with Crippen LogP contribution in [0.5, 0.6) is 11.5 Å². The monoisotopic (exact) mass is 368 g/mol. The minimum atomic E-state index is -1.02. The summed E-state index contributed by atoms with van der Waals surface area (Å²) in [5.74, 6) is -1.79. The van der Waals surface area contributed by atoms with Gasteiger partial charge in [-0.25, -0.2) is 4.79 Å². The van der Waals surface area contributed by atoms with Gasteiger partial charge in [0.1, 0.15) is 6.04 Å². The summed E-state index contributed by atoms with van der Waals surface area (Å²) in [5.41, 5.74) is 10.9. The van der Waals surface area contributed by atoms with E-state index in [-0.39, 0.29) is 11.7 Å². The van der Waals surface area contributed by atoms with Crippen molar-refractivity contribution in [1.82, 2.24) is 5.32 Å². The third kappa shape index (κ3) is 10.5. The number of benzene rings is 1. The first-order chi connectivity index (χ1) is 12.2. The molecule has 1 aromatic carbocycles. The van der Waals surface area contributed by atoms with Crippen LogP contribution in [0, 0.1) is 5.41 Å². The Kier molecular flexibility index (Phi) is 10.6. The SMILES string of the molecule is COc1cc(C=CC(=O)O)ccc1O.N=C(N)NCCCC(N)C(=O)O. The number of ether oxygens (including phenoxy) is 1. The van der Waals surface area contributed by atoms with Crippen LogP contribution in [-0.4, -0.2) is 52.9 Å². The van der Waals surface area contributed by atoms with E-state index in [9.17, 15) is 14.7 Å². The number of phenols is 1. The van der Waals surface area contributed by atoms with Crippen molar-refractivity contribution >= 4 is 24.0 Å². The number of carboxylic acids is 2. The summed E-state index contributed by atoms with van der Waals surface area (Å²) in [4.78, 5) is 20.4. The van der Waals surface area contributed by atoms with Gasteiger partial charge in [0.2, 0.25) is 0 Å². The normalized spacial score (nSPS) is 11.2. The lowest BCUT2D eigenvalue weighted by Crippen LogP contribution is -2.34. The summed E-state index contributed by atoms with van der Waals surface area (Å²) >= 11 is 0. The van der Waals surface area contributed by atoms with E-state index in [2.05, 4.69) is 5.32 Å². The molecule has 144 valence electrons. The molecule has 0 amide bonds. The maximum atomic E-state index is 10.2. The minimum Gasteiger partial charge on any atom is -0.504 e. The molecule has 26 heavy (non-hydrogen) atoms. The molecule has 0 aliphatic heterocycles. The van der Waals surface area contributed by atoms with Crippen molar-refractivity contribution in [3.05, 3.63) is 29.8 Å². The van der Waals surface area contributed by atoms with Gasteiger partial charge in [0.05, 0.1) is 7.11 Å². The molecule has 0 aliphatic carbocycles. The lowest BCUT2D eigenvalue weighted by Gasteiger charge is -2.06. The summed E-state index contributed by atoms with van der Waals surface area (Å²) < 4.78 is 4.86. The van der Waals surface area contributed by atoms with Gasteiger partial charge < -0.3 is 36.8 Å². The fraction of sp³-hybridized carbons (Fsp3) is 0.312. The van der Waals surface area contributed by atoms with Crippen molar-refractivity contribution < 1.29 is 29.6 Å². The fourth-order valence-corrected chi connectivity index (χ4v) is 1.63. The van der Waals surface area contributed by atoms with Crippen LogP contribution in [-0.2, 0) is 9.59 Å². The van der Waals surface area contributed by atoms with Crippen LogP contribution >= 0.6 is 0 Å². The van der Waals surface area contributed by atoms with Crippen LogP contribution in [0.25, 0.3) is 6.08 Å². The zero-order valence-electron chi connectivity index (χ0n) is 14.3. The highest BCUT2D eigenvalue weighted by Gasteiger charge is 2.09. The molecular formula is C16H24N4O6. The van der Waals surface area contributed by atoms with Crippen molar-refractivity contribution in [1.29, 1.82) is 5.41 Å². The molecule has 10 heteroatoms. The predicted molar refractivity (Wildman–Crippen MR) is 96.1 cm³/mol. The molecule has 0 saturated carbocycles. The Morgan fingerprint density at radius 1 is 1.38 bits per heavy atom. The molecule has 10 nitrogen and oxygen atoms in total. The maximum absolute atomic E-state index is 10.2. The van der Waals surface area contributed by atoms with Crippen molar-refractivity contribution in [2.24, 2.45) is 11.5 Å². The van der Waals surface area contributed by atoms with Crippen molar-refractivity contribution in [3.8, 4) is 11.5 Å². The summed E-state index contributed by atoms with van der Waals surface area (Å²) in [6.07, 6.45) is 3.42. The van der Waals surface area contributed by atoms with Crippen molar-refractivity contribution in [3.63, 3.8) is 0 Å². The number of phenolic OH excluding ortho intramolecular Hbond substituents is 1. The second kappa shape index (κ2) is 12.1. The molecule has 1 rings (SSSR count). The van der Waals surface area contributed by atoms with Crippen molar-refractivity contribution in [2.75, 3.05) is 13.7 Å². The second-order valence-corrected chi connectivity index (χ2v) is 5.03. The Morgan fingerprint density at radius 3 is 2.54 bits per heavy atom. The Hall–Kier alpha value is -3.27. The number of nitrogens with two attached hydrogens (primary N) is 2. The summed E-state index contributed by atoms with van der Waals surface area (Å²) in [7, 11) is 1.43. The summed E-state index contributed by atoms with van der Waals surface area (Å²) in [5, 5.41) is 35.3.